The lowest BCUT2D eigenvalue weighted by Gasteiger charge is -2.18. The van der Waals surface area contributed by atoms with E-state index in [4.69, 9.17) is 9.47 Å². The quantitative estimate of drug-likeness (QED) is 0.491. The highest BCUT2D eigenvalue weighted by atomic mass is 32.2. The molecule has 0 N–H and O–H groups in total. The zero-order chi connectivity index (χ0) is 13.3. The molecule has 0 radical (unpaired) electrons. The number of nitrogens with zero attached hydrogens (tertiary/aromatic N) is 1. The largest absolute Gasteiger partial charge is 0.492 e. The summed E-state index contributed by atoms with van der Waals surface area (Å²) in [5, 5.41) is 0. The second kappa shape index (κ2) is 8.56. The molecule has 0 aliphatic carbocycles. The maximum Gasteiger partial charge on any atom is 0.492 e. The molecule has 17 heavy (non-hydrogen) atoms. The van der Waals surface area contributed by atoms with Crippen molar-refractivity contribution in [3.05, 3.63) is 0 Å². The van der Waals surface area contributed by atoms with Crippen molar-refractivity contribution in [1.82, 2.24) is 4.31 Å². The third kappa shape index (κ3) is 8.25. The van der Waals surface area contributed by atoms with Crippen LogP contribution in [-0.2, 0) is 18.5 Å². The van der Waals surface area contributed by atoms with Crippen LogP contribution in [0.5, 0.6) is 0 Å². The standard InChI is InChI=1S/C8H14F3NO4S/c1-14-5-3-12(4-6-15-2)17-16-7(13)8(9,10)11/h3-6H2,1-2H3. The van der Waals surface area contributed by atoms with Crippen LogP contribution in [-0.4, -0.2) is 57.0 Å². The number of alkyl halides is 3. The van der Waals surface area contributed by atoms with Gasteiger partial charge in [0.1, 0.15) is 0 Å². The van der Waals surface area contributed by atoms with Crippen LogP contribution in [0.1, 0.15) is 0 Å². The topological polar surface area (TPSA) is 48.0 Å². The van der Waals surface area contributed by atoms with E-state index >= 15 is 0 Å². The number of carbonyl (C=O) groups is 1. The van der Waals surface area contributed by atoms with E-state index < -0.39 is 12.1 Å². The monoisotopic (exact) mass is 277 g/mol. The van der Waals surface area contributed by atoms with Crippen LogP contribution >= 0.6 is 12.2 Å². The number of ether oxygens (including phenoxy) is 2. The smallest absolute Gasteiger partial charge is 0.383 e. The lowest BCUT2D eigenvalue weighted by atomic mass is 10.6. The van der Waals surface area contributed by atoms with Crippen molar-refractivity contribution in [2.75, 3.05) is 40.5 Å². The summed E-state index contributed by atoms with van der Waals surface area (Å²) >= 11 is 0.340. The van der Waals surface area contributed by atoms with Crippen LogP contribution in [0.15, 0.2) is 0 Å². The first kappa shape index (κ1) is 16.5. The first-order valence-electron chi connectivity index (χ1n) is 4.60. The molecule has 9 heteroatoms. The number of carbonyl (C=O) groups excluding carboxylic acids is 1. The molecular formula is C8H14F3NO4S. The SMILES string of the molecule is COCCN(CCOC)SOC(=O)C(F)(F)F. The Morgan fingerprint density at radius 1 is 1.18 bits per heavy atom. The van der Waals surface area contributed by atoms with Gasteiger partial charge in [0.25, 0.3) is 0 Å². The van der Waals surface area contributed by atoms with Crippen LogP contribution in [0.2, 0.25) is 0 Å². The Morgan fingerprint density at radius 3 is 2.00 bits per heavy atom. The van der Waals surface area contributed by atoms with Gasteiger partial charge in [0.05, 0.1) is 13.2 Å². The minimum atomic E-state index is -4.98. The molecule has 0 saturated carbocycles. The summed E-state index contributed by atoms with van der Waals surface area (Å²) in [6.45, 7) is 1.24. The van der Waals surface area contributed by atoms with Gasteiger partial charge in [-0.1, -0.05) is 0 Å². The Kier molecular flexibility index (Phi) is 8.30. The van der Waals surface area contributed by atoms with Gasteiger partial charge in [-0.15, -0.1) is 0 Å². The average molecular weight is 277 g/mol. The van der Waals surface area contributed by atoms with E-state index in [9.17, 15) is 18.0 Å². The first-order chi connectivity index (χ1) is 7.91. The van der Waals surface area contributed by atoms with E-state index in [2.05, 4.69) is 4.18 Å². The summed E-state index contributed by atoms with van der Waals surface area (Å²) in [7, 11) is 2.92. The fraction of sp³-hybridized carbons (Fsp3) is 0.875. The predicted octanol–water partition coefficient (Wildman–Crippen LogP) is 1.25. The van der Waals surface area contributed by atoms with Crippen LogP contribution in [0.4, 0.5) is 13.2 Å². The van der Waals surface area contributed by atoms with Gasteiger partial charge in [-0.3, -0.25) is 0 Å². The average Bonchev–Trinajstić information content (AvgIpc) is 2.26. The summed E-state index contributed by atoms with van der Waals surface area (Å²) < 4.78 is 50.5. The van der Waals surface area contributed by atoms with Gasteiger partial charge in [0.15, 0.2) is 12.2 Å². The van der Waals surface area contributed by atoms with Gasteiger partial charge >= 0.3 is 12.1 Å². The van der Waals surface area contributed by atoms with E-state index in [0.29, 0.717) is 38.5 Å². The van der Waals surface area contributed by atoms with Crippen molar-refractivity contribution in [2.45, 2.75) is 6.18 Å². The van der Waals surface area contributed by atoms with Crippen molar-refractivity contribution in [1.29, 1.82) is 0 Å². The summed E-state index contributed by atoms with van der Waals surface area (Å²) in [4.78, 5) is 10.5. The lowest BCUT2D eigenvalue weighted by molar-refractivity contribution is -0.188. The molecule has 0 heterocycles. The summed E-state index contributed by atoms with van der Waals surface area (Å²) in [6.07, 6.45) is -4.98. The molecule has 0 spiro atoms. The predicted molar refractivity (Wildman–Crippen MR) is 55.1 cm³/mol. The van der Waals surface area contributed by atoms with Crippen molar-refractivity contribution in [2.24, 2.45) is 0 Å². The maximum atomic E-state index is 11.8. The molecule has 0 aromatic rings. The molecule has 0 atom stereocenters. The molecule has 5 nitrogen and oxygen atoms in total. The zero-order valence-corrected chi connectivity index (χ0v) is 10.3. The molecular weight excluding hydrogens is 263 g/mol. The van der Waals surface area contributed by atoms with E-state index in [0.717, 1.165) is 0 Å². The maximum absolute atomic E-state index is 11.8. The number of hydrogen-bond acceptors (Lipinski definition) is 6. The second-order valence-electron chi connectivity index (χ2n) is 2.86. The zero-order valence-electron chi connectivity index (χ0n) is 9.45. The van der Waals surface area contributed by atoms with Crippen LogP contribution in [0, 0.1) is 0 Å². The highest BCUT2D eigenvalue weighted by Crippen LogP contribution is 2.21. The first-order valence-corrected chi connectivity index (χ1v) is 5.30. The molecule has 0 saturated heterocycles. The third-order valence-corrected chi connectivity index (χ3v) is 2.34. The van der Waals surface area contributed by atoms with Gasteiger partial charge in [0, 0.05) is 27.3 Å². The molecule has 0 rings (SSSR count). The van der Waals surface area contributed by atoms with Gasteiger partial charge in [-0.05, 0) is 0 Å². The Bertz CT molecular complexity index is 219. The minimum Gasteiger partial charge on any atom is -0.383 e. The Hall–Kier alpha value is -0.510. The molecule has 0 bridgehead atoms. The Balaban J connectivity index is 4.01. The molecule has 0 unspecified atom stereocenters. The van der Waals surface area contributed by atoms with E-state index in [1.165, 1.54) is 18.5 Å². The van der Waals surface area contributed by atoms with Gasteiger partial charge < -0.3 is 13.7 Å². The number of halogens is 3. The second-order valence-corrected chi connectivity index (χ2v) is 3.69. The van der Waals surface area contributed by atoms with Crippen LogP contribution in [0.25, 0.3) is 0 Å². The molecule has 102 valence electrons. The van der Waals surface area contributed by atoms with Gasteiger partial charge in [-0.25, -0.2) is 9.10 Å². The molecule has 0 aromatic carbocycles. The van der Waals surface area contributed by atoms with E-state index in [1.807, 2.05) is 0 Å². The highest BCUT2D eigenvalue weighted by Gasteiger charge is 2.41. The normalized spacial score (nSPS) is 11.9. The van der Waals surface area contributed by atoms with Crippen molar-refractivity contribution < 1.29 is 31.6 Å². The van der Waals surface area contributed by atoms with E-state index in [1.54, 1.807) is 0 Å². The van der Waals surface area contributed by atoms with E-state index in [-0.39, 0.29) is 0 Å². The van der Waals surface area contributed by atoms with Gasteiger partial charge in [-0.2, -0.15) is 13.2 Å². The molecule has 0 aliphatic heterocycles. The third-order valence-electron chi connectivity index (χ3n) is 1.54. The van der Waals surface area contributed by atoms with Crippen molar-refractivity contribution in [3.63, 3.8) is 0 Å². The summed E-state index contributed by atoms with van der Waals surface area (Å²) in [6, 6.07) is 0. The number of hydrogen-bond donors (Lipinski definition) is 0. The number of methoxy groups -OCH3 is 2. The summed E-state index contributed by atoms with van der Waals surface area (Å²) in [5.41, 5.74) is 0. The Morgan fingerprint density at radius 2 is 1.65 bits per heavy atom. The van der Waals surface area contributed by atoms with Crippen molar-refractivity contribution >= 4 is 18.2 Å². The summed E-state index contributed by atoms with van der Waals surface area (Å²) in [5.74, 6) is -2.23. The molecule has 0 aliphatic rings. The minimum absolute atomic E-state index is 0.306. The van der Waals surface area contributed by atoms with Crippen molar-refractivity contribution in [3.8, 4) is 0 Å². The lowest BCUT2D eigenvalue weighted by Crippen LogP contribution is -2.28. The number of rotatable bonds is 8. The van der Waals surface area contributed by atoms with Crippen LogP contribution < -0.4 is 0 Å². The molecule has 0 fully saturated rings. The fourth-order valence-corrected chi connectivity index (χ4v) is 1.27. The molecule has 0 aromatic heterocycles. The van der Waals surface area contributed by atoms with Crippen LogP contribution in [0.3, 0.4) is 0 Å². The Labute approximate surface area is 102 Å². The highest BCUT2D eigenvalue weighted by molar-refractivity contribution is 7.92. The fourth-order valence-electron chi connectivity index (χ4n) is 0.706. The van der Waals surface area contributed by atoms with Gasteiger partial charge in [0.2, 0.25) is 0 Å². The molecule has 0 amide bonds.